The van der Waals surface area contributed by atoms with Crippen molar-refractivity contribution in [3.8, 4) is 5.75 Å². The van der Waals surface area contributed by atoms with Crippen molar-refractivity contribution in [1.29, 1.82) is 0 Å². The van der Waals surface area contributed by atoms with Crippen LogP contribution < -0.4 is 15.4 Å². The lowest BCUT2D eigenvalue weighted by Gasteiger charge is -2.21. The molecule has 1 amide bonds. The maximum absolute atomic E-state index is 13.4. The highest BCUT2D eigenvalue weighted by Crippen LogP contribution is 2.22. The van der Waals surface area contributed by atoms with Gasteiger partial charge in [0.15, 0.2) is 11.6 Å². The molecule has 0 radical (unpaired) electrons. The summed E-state index contributed by atoms with van der Waals surface area (Å²) in [7, 11) is 1.43. The van der Waals surface area contributed by atoms with E-state index in [4.69, 9.17) is 4.74 Å². The maximum Gasteiger partial charge on any atom is 0.237 e. The zero-order valence-electron chi connectivity index (χ0n) is 12.7. The average Bonchev–Trinajstić information content (AvgIpc) is 2.38. The highest BCUT2D eigenvalue weighted by molar-refractivity contribution is 5.81. The number of carbonyl (C=O) groups is 1. The molecule has 5 heteroatoms. The molecule has 0 fully saturated rings. The minimum Gasteiger partial charge on any atom is -0.494 e. The normalized spacial score (nSPS) is 13.9. The first-order valence-corrected chi connectivity index (χ1v) is 6.75. The smallest absolute Gasteiger partial charge is 0.237 e. The number of hydrogen-bond donors (Lipinski definition) is 2. The Balaban J connectivity index is 2.71. The minimum absolute atomic E-state index is 0.0547. The standard InChI is InChI=1S/C15H23FN2O2/c1-9(2)17-15(19)11(4)18-10(3)12-6-7-13(16)14(8-12)20-5/h6-11,18H,1-5H3,(H,17,19). The predicted molar refractivity (Wildman–Crippen MR) is 77.2 cm³/mol. The van der Waals surface area contributed by atoms with Gasteiger partial charge < -0.3 is 10.1 Å². The van der Waals surface area contributed by atoms with Gasteiger partial charge in [-0.2, -0.15) is 0 Å². The summed E-state index contributed by atoms with van der Waals surface area (Å²) in [4.78, 5) is 11.8. The van der Waals surface area contributed by atoms with Crippen LogP contribution in [0.5, 0.6) is 5.75 Å². The van der Waals surface area contributed by atoms with Gasteiger partial charge in [0, 0.05) is 12.1 Å². The largest absolute Gasteiger partial charge is 0.494 e. The third-order valence-electron chi connectivity index (χ3n) is 3.00. The molecule has 0 aliphatic rings. The number of ether oxygens (including phenoxy) is 1. The summed E-state index contributed by atoms with van der Waals surface area (Å²) < 4.78 is 18.3. The molecule has 4 nitrogen and oxygen atoms in total. The molecule has 0 aliphatic carbocycles. The number of amides is 1. The number of hydrogen-bond acceptors (Lipinski definition) is 3. The fourth-order valence-corrected chi connectivity index (χ4v) is 1.90. The van der Waals surface area contributed by atoms with Crippen molar-refractivity contribution in [3.05, 3.63) is 29.6 Å². The highest BCUT2D eigenvalue weighted by atomic mass is 19.1. The average molecular weight is 282 g/mol. The molecular formula is C15H23FN2O2. The van der Waals surface area contributed by atoms with Gasteiger partial charge in [0.1, 0.15) is 0 Å². The molecule has 1 rings (SSSR count). The van der Waals surface area contributed by atoms with E-state index in [-0.39, 0.29) is 29.8 Å². The van der Waals surface area contributed by atoms with E-state index >= 15 is 0 Å². The first-order valence-electron chi connectivity index (χ1n) is 6.75. The Bertz CT molecular complexity index is 463. The Morgan fingerprint density at radius 1 is 1.25 bits per heavy atom. The van der Waals surface area contributed by atoms with Gasteiger partial charge in [0.2, 0.25) is 5.91 Å². The van der Waals surface area contributed by atoms with E-state index in [1.54, 1.807) is 19.1 Å². The number of rotatable bonds is 6. The molecule has 0 aliphatic heterocycles. The van der Waals surface area contributed by atoms with E-state index in [9.17, 15) is 9.18 Å². The lowest BCUT2D eigenvalue weighted by molar-refractivity contribution is -0.123. The van der Waals surface area contributed by atoms with Crippen molar-refractivity contribution in [1.82, 2.24) is 10.6 Å². The topological polar surface area (TPSA) is 50.4 Å². The summed E-state index contributed by atoms with van der Waals surface area (Å²) in [6, 6.07) is 4.38. The fourth-order valence-electron chi connectivity index (χ4n) is 1.90. The van der Waals surface area contributed by atoms with E-state index in [0.717, 1.165) is 5.56 Å². The fraction of sp³-hybridized carbons (Fsp3) is 0.533. The number of benzene rings is 1. The van der Waals surface area contributed by atoms with Crippen LogP contribution in [0.4, 0.5) is 4.39 Å². The van der Waals surface area contributed by atoms with E-state index in [2.05, 4.69) is 10.6 Å². The van der Waals surface area contributed by atoms with E-state index in [0.29, 0.717) is 0 Å². The Hall–Kier alpha value is -1.62. The quantitative estimate of drug-likeness (QED) is 0.842. The lowest BCUT2D eigenvalue weighted by atomic mass is 10.1. The summed E-state index contributed by atoms with van der Waals surface area (Å²) >= 11 is 0. The molecule has 0 saturated heterocycles. The van der Waals surface area contributed by atoms with Gasteiger partial charge in [-0.05, 0) is 45.4 Å². The molecular weight excluding hydrogens is 259 g/mol. The summed E-state index contributed by atoms with van der Waals surface area (Å²) in [6.45, 7) is 7.55. The maximum atomic E-state index is 13.4. The van der Waals surface area contributed by atoms with Crippen molar-refractivity contribution in [3.63, 3.8) is 0 Å². The number of halogens is 1. The Kier molecular flexibility index (Phi) is 5.95. The Labute approximate surface area is 119 Å². The van der Waals surface area contributed by atoms with Gasteiger partial charge in [-0.1, -0.05) is 6.07 Å². The number of nitrogens with one attached hydrogen (secondary N) is 2. The summed E-state index contributed by atoms with van der Waals surface area (Å²) in [6.07, 6.45) is 0. The van der Waals surface area contributed by atoms with Crippen molar-refractivity contribution in [2.75, 3.05) is 7.11 Å². The second-order valence-electron chi connectivity index (χ2n) is 5.17. The Morgan fingerprint density at radius 2 is 1.90 bits per heavy atom. The highest BCUT2D eigenvalue weighted by Gasteiger charge is 2.17. The van der Waals surface area contributed by atoms with Gasteiger partial charge in [0.05, 0.1) is 13.2 Å². The van der Waals surface area contributed by atoms with Crippen LogP contribution in [0.2, 0.25) is 0 Å². The number of methoxy groups -OCH3 is 1. The zero-order valence-corrected chi connectivity index (χ0v) is 12.7. The summed E-state index contributed by atoms with van der Waals surface area (Å²) in [5.41, 5.74) is 0.868. The van der Waals surface area contributed by atoms with Gasteiger partial charge in [-0.3, -0.25) is 10.1 Å². The second-order valence-corrected chi connectivity index (χ2v) is 5.17. The molecule has 0 spiro atoms. The molecule has 2 atom stereocenters. The molecule has 0 aromatic heterocycles. The molecule has 2 unspecified atom stereocenters. The molecule has 0 saturated carbocycles. The van der Waals surface area contributed by atoms with E-state index in [1.165, 1.54) is 13.2 Å². The van der Waals surface area contributed by atoms with Crippen LogP contribution in [-0.2, 0) is 4.79 Å². The van der Waals surface area contributed by atoms with Crippen molar-refractivity contribution in [2.24, 2.45) is 0 Å². The van der Waals surface area contributed by atoms with Crippen LogP contribution in [0.15, 0.2) is 18.2 Å². The Morgan fingerprint density at radius 3 is 2.45 bits per heavy atom. The zero-order chi connectivity index (χ0) is 15.3. The molecule has 20 heavy (non-hydrogen) atoms. The van der Waals surface area contributed by atoms with Crippen LogP contribution in [-0.4, -0.2) is 25.1 Å². The van der Waals surface area contributed by atoms with E-state index < -0.39 is 5.82 Å². The van der Waals surface area contributed by atoms with Crippen LogP contribution in [0.25, 0.3) is 0 Å². The van der Waals surface area contributed by atoms with Crippen LogP contribution in [0.3, 0.4) is 0 Å². The van der Waals surface area contributed by atoms with Gasteiger partial charge >= 0.3 is 0 Å². The first kappa shape index (κ1) is 16.4. The summed E-state index contributed by atoms with van der Waals surface area (Å²) in [5.74, 6) is -0.245. The van der Waals surface area contributed by atoms with Gasteiger partial charge in [0.25, 0.3) is 0 Å². The third-order valence-corrected chi connectivity index (χ3v) is 3.00. The van der Waals surface area contributed by atoms with Gasteiger partial charge in [-0.25, -0.2) is 4.39 Å². The summed E-state index contributed by atoms with van der Waals surface area (Å²) in [5, 5.41) is 6.03. The second kappa shape index (κ2) is 7.24. The minimum atomic E-state index is -0.394. The molecule has 1 aromatic carbocycles. The SMILES string of the molecule is COc1cc(C(C)NC(C)C(=O)NC(C)C)ccc1F. The molecule has 1 aromatic rings. The molecule has 2 N–H and O–H groups in total. The lowest BCUT2D eigenvalue weighted by Crippen LogP contribution is -2.45. The molecule has 0 bridgehead atoms. The van der Waals surface area contributed by atoms with Crippen LogP contribution in [0, 0.1) is 5.82 Å². The van der Waals surface area contributed by atoms with E-state index in [1.807, 2.05) is 20.8 Å². The first-order chi connectivity index (χ1) is 9.35. The van der Waals surface area contributed by atoms with Crippen molar-refractivity contribution in [2.45, 2.75) is 45.8 Å². The molecule has 0 heterocycles. The predicted octanol–water partition coefficient (Wildman–Crippen LogP) is 2.40. The van der Waals surface area contributed by atoms with Crippen molar-refractivity contribution >= 4 is 5.91 Å². The van der Waals surface area contributed by atoms with Gasteiger partial charge in [-0.15, -0.1) is 0 Å². The third kappa shape index (κ3) is 4.49. The monoisotopic (exact) mass is 282 g/mol. The van der Waals surface area contributed by atoms with Crippen molar-refractivity contribution < 1.29 is 13.9 Å². The molecule has 112 valence electrons. The van der Waals surface area contributed by atoms with Crippen LogP contribution >= 0.6 is 0 Å². The van der Waals surface area contributed by atoms with Crippen LogP contribution in [0.1, 0.15) is 39.3 Å². The number of carbonyl (C=O) groups excluding carboxylic acids is 1.